The lowest BCUT2D eigenvalue weighted by Crippen LogP contribution is -2.45. The third kappa shape index (κ3) is 4.27. The molecule has 0 aromatic heterocycles. The van der Waals surface area contributed by atoms with Gasteiger partial charge in [-0.2, -0.15) is 8.42 Å². The molecule has 2 heterocycles. The third-order valence-corrected chi connectivity index (χ3v) is 7.08. The average molecular weight is 462 g/mol. The molecule has 168 valence electrons. The molecule has 2 aliphatic rings. The summed E-state index contributed by atoms with van der Waals surface area (Å²) in [6.07, 6.45) is -0.238. The molecule has 5 rings (SSSR count). The number of rotatable bonds is 3. The van der Waals surface area contributed by atoms with Crippen molar-refractivity contribution < 1.29 is 17.9 Å². The third-order valence-electron chi connectivity index (χ3n) is 5.74. The SMILES string of the molecule is CC1CN(C(=O)c2ccc(NC3=NS(=O)(=O)c4ccccc43)cc2)CC(c2ccccc2)O1. The average Bonchev–Trinajstić information content (AvgIpc) is 3.09. The van der Waals surface area contributed by atoms with E-state index in [2.05, 4.69) is 9.71 Å². The summed E-state index contributed by atoms with van der Waals surface area (Å²) < 4.78 is 34.4. The number of carbonyl (C=O) groups is 1. The van der Waals surface area contributed by atoms with Gasteiger partial charge in [0.05, 0.1) is 12.6 Å². The summed E-state index contributed by atoms with van der Waals surface area (Å²) in [6.45, 7) is 2.98. The first kappa shape index (κ1) is 21.4. The summed E-state index contributed by atoms with van der Waals surface area (Å²) in [6, 6.07) is 23.6. The van der Waals surface area contributed by atoms with Crippen molar-refractivity contribution in [3.63, 3.8) is 0 Å². The Morgan fingerprint density at radius 3 is 2.42 bits per heavy atom. The molecule has 3 aromatic carbocycles. The topological polar surface area (TPSA) is 88.1 Å². The molecule has 3 aromatic rings. The quantitative estimate of drug-likeness (QED) is 0.640. The van der Waals surface area contributed by atoms with Crippen molar-refractivity contribution >= 4 is 27.5 Å². The van der Waals surface area contributed by atoms with E-state index in [0.717, 1.165) is 5.56 Å². The molecule has 0 saturated carbocycles. The first-order valence-corrected chi connectivity index (χ1v) is 12.2. The van der Waals surface area contributed by atoms with Crippen LogP contribution in [0, 0.1) is 0 Å². The molecule has 0 aliphatic carbocycles. The lowest BCUT2D eigenvalue weighted by Gasteiger charge is -2.37. The van der Waals surface area contributed by atoms with Gasteiger partial charge in [-0.15, -0.1) is 4.40 Å². The number of amidine groups is 1. The number of anilines is 1. The van der Waals surface area contributed by atoms with Crippen LogP contribution in [0.2, 0.25) is 0 Å². The highest BCUT2D eigenvalue weighted by atomic mass is 32.2. The first-order chi connectivity index (χ1) is 15.9. The van der Waals surface area contributed by atoms with Crippen LogP contribution in [0.5, 0.6) is 0 Å². The van der Waals surface area contributed by atoms with Crippen molar-refractivity contribution in [2.45, 2.75) is 24.0 Å². The molecule has 8 heteroatoms. The van der Waals surface area contributed by atoms with E-state index in [4.69, 9.17) is 4.74 Å². The molecule has 2 unspecified atom stereocenters. The van der Waals surface area contributed by atoms with Crippen LogP contribution in [0.3, 0.4) is 0 Å². The van der Waals surface area contributed by atoms with Gasteiger partial charge in [0, 0.05) is 23.4 Å². The molecule has 1 fully saturated rings. The molecule has 0 bridgehead atoms. The fraction of sp³-hybridized carbons (Fsp3) is 0.200. The minimum absolute atomic E-state index is 0.0660. The molecule has 0 radical (unpaired) electrons. The highest BCUT2D eigenvalue weighted by Crippen LogP contribution is 2.28. The number of amides is 1. The van der Waals surface area contributed by atoms with Gasteiger partial charge in [-0.1, -0.05) is 42.5 Å². The van der Waals surface area contributed by atoms with E-state index >= 15 is 0 Å². The van der Waals surface area contributed by atoms with Crippen LogP contribution in [0.1, 0.15) is 34.5 Å². The number of nitrogens with one attached hydrogen (secondary N) is 1. The molecule has 1 amide bonds. The van der Waals surface area contributed by atoms with E-state index in [1.165, 1.54) is 6.07 Å². The molecular weight excluding hydrogens is 438 g/mol. The van der Waals surface area contributed by atoms with Crippen LogP contribution < -0.4 is 5.32 Å². The Bertz CT molecular complexity index is 1320. The molecular formula is C25H23N3O4S. The number of nitrogens with zero attached hydrogens (tertiary/aromatic N) is 2. The molecule has 1 N–H and O–H groups in total. The van der Waals surface area contributed by atoms with Crippen LogP contribution in [-0.2, 0) is 14.8 Å². The number of hydrogen-bond acceptors (Lipinski definition) is 5. The van der Waals surface area contributed by atoms with Crippen molar-refractivity contribution in [2.75, 3.05) is 18.4 Å². The van der Waals surface area contributed by atoms with Crippen molar-refractivity contribution in [3.8, 4) is 0 Å². The predicted octanol–water partition coefficient (Wildman–Crippen LogP) is 3.85. The maximum atomic E-state index is 13.2. The van der Waals surface area contributed by atoms with E-state index in [-0.39, 0.29) is 28.8 Å². The second kappa shape index (κ2) is 8.46. The Labute approximate surface area is 192 Å². The Morgan fingerprint density at radius 1 is 0.970 bits per heavy atom. The minimum Gasteiger partial charge on any atom is -0.367 e. The van der Waals surface area contributed by atoms with Crippen LogP contribution in [-0.4, -0.2) is 44.3 Å². The van der Waals surface area contributed by atoms with Crippen LogP contribution in [0.4, 0.5) is 5.69 Å². The number of carbonyl (C=O) groups excluding carboxylic acids is 1. The summed E-state index contributed by atoms with van der Waals surface area (Å²) >= 11 is 0. The normalized spacial score (nSPS) is 21.2. The summed E-state index contributed by atoms with van der Waals surface area (Å²) in [4.78, 5) is 15.2. The summed E-state index contributed by atoms with van der Waals surface area (Å²) in [5.41, 5.74) is 2.79. The van der Waals surface area contributed by atoms with Crippen LogP contribution in [0.15, 0.2) is 88.2 Å². The zero-order valence-corrected chi connectivity index (χ0v) is 18.8. The van der Waals surface area contributed by atoms with Crippen molar-refractivity contribution in [2.24, 2.45) is 4.40 Å². The number of ether oxygens (including phenoxy) is 1. The van der Waals surface area contributed by atoms with Gasteiger partial charge in [0.15, 0.2) is 5.84 Å². The van der Waals surface area contributed by atoms with Gasteiger partial charge < -0.3 is 15.0 Å². The van der Waals surface area contributed by atoms with Crippen molar-refractivity contribution in [3.05, 3.63) is 95.6 Å². The fourth-order valence-corrected chi connectivity index (χ4v) is 5.36. The molecule has 33 heavy (non-hydrogen) atoms. The van der Waals surface area contributed by atoms with Gasteiger partial charge in [0.1, 0.15) is 11.0 Å². The molecule has 1 saturated heterocycles. The summed E-state index contributed by atoms with van der Waals surface area (Å²) in [7, 11) is -3.69. The Morgan fingerprint density at radius 2 is 1.67 bits per heavy atom. The standard InChI is InChI=1S/C25H23N3O4S/c1-17-15-28(16-22(32-17)18-7-3-2-4-8-18)25(29)19-11-13-20(14-12-19)26-24-21-9-5-6-10-23(21)33(30,31)27-24/h2-14,17,22H,15-16H2,1H3,(H,26,27). The van der Waals surface area contributed by atoms with Crippen molar-refractivity contribution in [1.29, 1.82) is 0 Å². The fourth-order valence-electron chi connectivity index (χ4n) is 4.18. The Hall–Kier alpha value is -3.49. The molecule has 0 spiro atoms. The van der Waals surface area contributed by atoms with E-state index in [0.29, 0.717) is 29.9 Å². The van der Waals surface area contributed by atoms with Gasteiger partial charge in [-0.3, -0.25) is 4.79 Å². The number of fused-ring (bicyclic) bond motifs is 1. The largest absolute Gasteiger partial charge is 0.367 e. The molecule has 2 aliphatic heterocycles. The maximum Gasteiger partial charge on any atom is 0.285 e. The number of benzene rings is 3. The number of morpholine rings is 1. The van der Waals surface area contributed by atoms with E-state index in [1.54, 1.807) is 42.5 Å². The van der Waals surface area contributed by atoms with Gasteiger partial charge in [0.2, 0.25) is 0 Å². The molecule has 2 atom stereocenters. The van der Waals surface area contributed by atoms with Crippen LogP contribution in [0.25, 0.3) is 0 Å². The lowest BCUT2D eigenvalue weighted by molar-refractivity contribution is -0.0691. The lowest BCUT2D eigenvalue weighted by atomic mass is 10.1. The smallest absolute Gasteiger partial charge is 0.285 e. The molecule has 7 nitrogen and oxygen atoms in total. The van der Waals surface area contributed by atoms with E-state index < -0.39 is 10.0 Å². The van der Waals surface area contributed by atoms with E-state index in [1.807, 2.05) is 42.2 Å². The number of sulfonamides is 1. The van der Waals surface area contributed by atoms with Crippen molar-refractivity contribution in [1.82, 2.24) is 4.90 Å². The summed E-state index contributed by atoms with van der Waals surface area (Å²) in [5, 5.41) is 3.06. The second-order valence-electron chi connectivity index (χ2n) is 8.17. The zero-order chi connectivity index (χ0) is 23.0. The highest BCUT2D eigenvalue weighted by molar-refractivity contribution is 7.90. The number of hydrogen-bond donors (Lipinski definition) is 1. The second-order valence-corrected chi connectivity index (χ2v) is 9.74. The van der Waals surface area contributed by atoms with E-state index in [9.17, 15) is 13.2 Å². The highest BCUT2D eigenvalue weighted by Gasteiger charge is 2.30. The Balaban J connectivity index is 1.31. The Kier molecular flexibility index (Phi) is 5.47. The first-order valence-electron chi connectivity index (χ1n) is 10.7. The van der Waals surface area contributed by atoms with Crippen LogP contribution >= 0.6 is 0 Å². The van der Waals surface area contributed by atoms with Gasteiger partial charge in [0.25, 0.3) is 15.9 Å². The monoisotopic (exact) mass is 461 g/mol. The maximum absolute atomic E-state index is 13.2. The minimum atomic E-state index is -3.69. The van der Waals surface area contributed by atoms with Gasteiger partial charge in [-0.25, -0.2) is 0 Å². The zero-order valence-electron chi connectivity index (χ0n) is 18.0. The van der Waals surface area contributed by atoms with Gasteiger partial charge in [-0.05, 0) is 48.9 Å². The predicted molar refractivity (Wildman–Crippen MR) is 126 cm³/mol. The van der Waals surface area contributed by atoms with Gasteiger partial charge >= 0.3 is 0 Å². The summed E-state index contributed by atoms with van der Waals surface area (Å²) in [5.74, 6) is 0.209.